The van der Waals surface area contributed by atoms with Crippen molar-refractivity contribution in [1.29, 1.82) is 0 Å². The summed E-state index contributed by atoms with van der Waals surface area (Å²) in [5, 5.41) is 5.48. The van der Waals surface area contributed by atoms with Gasteiger partial charge in [-0.1, -0.05) is 36.4 Å². The zero-order chi connectivity index (χ0) is 18.0. The number of para-hydroxylation sites is 1. The number of rotatable bonds is 5. The molecule has 5 heteroatoms. The quantitative estimate of drug-likeness (QED) is 0.877. The molecule has 2 aromatic rings. The standard InChI is InChI=1S/C20H21FN2O2/c1-12-6-5-7-13(2)19(12)23-18(24)11-22-20(25)16-10-15(16)14-8-3-4-9-17(14)21/h3-9,15-16H,10-11H2,1-2H3,(H,22,25)(H,23,24). The Morgan fingerprint density at radius 1 is 1.08 bits per heavy atom. The second-order valence-corrected chi connectivity index (χ2v) is 6.50. The van der Waals surface area contributed by atoms with Gasteiger partial charge in [0.25, 0.3) is 0 Å². The van der Waals surface area contributed by atoms with Crippen molar-refractivity contribution >= 4 is 17.5 Å². The Labute approximate surface area is 146 Å². The third kappa shape index (κ3) is 3.87. The van der Waals surface area contributed by atoms with Crippen molar-refractivity contribution in [2.75, 3.05) is 11.9 Å². The molecule has 2 N–H and O–H groups in total. The van der Waals surface area contributed by atoms with Crippen molar-refractivity contribution in [2.45, 2.75) is 26.2 Å². The van der Waals surface area contributed by atoms with Crippen LogP contribution < -0.4 is 10.6 Å². The van der Waals surface area contributed by atoms with Crippen LogP contribution in [0.25, 0.3) is 0 Å². The van der Waals surface area contributed by atoms with Crippen molar-refractivity contribution in [3.05, 3.63) is 65.0 Å². The largest absolute Gasteiger partial charge is 0.347 e. The van der Waals surface area contributed by atoms with E-state index in [0.717, 1.165) is 16.8 Å². The van der Waals surface area contributed by atoms with Crippen molar-refractivity contribution in [3.8, 4) is 0 Å². The predicted molar refractivity (Wildman–Crippen MR) is 94.8 cm³/mol. The summed E-state index contributed by atoms with van der Waals surface area (Å²) < 4.78 is 13.8. The van der Waals surface area contributed by atoms with Gasteiger partial charge in [0.1, 0.15) is 5.82 Å². The molecule has 1 saturated carbocycles. The molecule has 2 unspecified atom stereocenters. The fourth-order valence-corrected chi connectivity index (χ4v) is 3.10. The number of benzene rings is 2. The van der Waals surface area contributed by atoms with Crippen LogP contribution in [0.4, 0.5) is 10.1 Å². The van der Waals surface area contributed by atoms with Crippen molar-refractivity contribution in [3.63, 3.8) is 0 Å². The summed E-state index contributed by atoms with van der Waals surface area (Å²) in [5.74, 6) is -1.11. The molecular formula is C20H21FN2O2. The highest BCUT2D eigenvalue weighted by Crippen LogP contribution is 2.48. The molecule has 3 rings (SSSR count). The van der Waals surface area contributed by atoms with Crippen LogP contribution in [-0.2, 0) is 9.59 Å². The molecule has 4 nitrogen and oxygen atoms in total. The van der Waals surface area contributed by atoms with Crippen molar-refractivity contribution in [1.82, 2.24) is 5.32 Å². The highest BCUT2D eigenvalue weighted by atomic mass is 19.1. The predicted octanol–water partition coefficient (Wildman–Crippen LogP) is 3.30. The number of nitrogens with one attached hydrogen (secondary N) is 2. The van der Waals surface area contributed by atoms with Crippen LogP contribution in [0.5, 0.6) is 0 Å². The van der Waals surface area contributed by atoms with E-state index in [-0.39, 0.29) is 36.0 Å². The molecule has 25 heavy (non-hydrogen) atoms. The molecule has 0 heterocycles. The average molecular weight is 340 g/mol. The highest BCUT2D eigenvalue weighted by molar-refractivity contribution is 5.96. The number of hydrogen-bond acceptors (Lipinski definition) is 2. The second-order valence-electron chi connectivity index (χ2n) is 6.50. The lowest BCUT2D eigenvalue weighted by molar-refractivity contribution is -0.125. The first-order valence-corrected chi connectivity index (χ1v) is 8.35. The van der Waals surface area contributed by atoms with E-state index >= 15 is 0 Å². The van der Waals surface area contributed by atoms with Crippen molar-refractivity contribution in [2.24, 2.45) is 5.92 Å². The highest BCUT2D eigenvalue weighted by Gasteiger charge is 2.45. The fourth-order valence-electron chi connectivity index (χ4n) is 3.10. The summed E-state index contributed by atoms with van der Waals surface area (Å²) >= 11 is 0. The van der Waals surface area contributed by atoms with Gasteiger partial charge in [0.15, 0.2) is 0 Å². The number of carbonyl (C=O) groups excluding carboxylic acids is 2. The van der Waals surface area contributed by atoms with Gasteiger partial charge in [0.05, 0.1) is 6.54 Å². The number of halogens is 1. The van der Waals surface area contributed by atoms with E-state index in [2.05, 4.69) is 10.6 Å². The monoisotopic (exact) mass is 340 g/mol. The van der Waals surface area contributed by atoms with Gasteiger partial charge < -0.3 is 10.6 Å². The summed E-state index contributed by atoms with van der Waals surface area (Å²) in [6.07, 6.45) is 0.616. The van der Waals surface area contributed by atoms with Gasteiger partial charge in [-0.25, -0.2) is 4.39 Å². The Morgan fingerprint density at radius 2 is 1.76 bits per heavy atom. The van der Waals surface area contributed by atoms with Gasteiger partial charge in [-0.2, -0.15) is 0 Å². The Morgan fingerprint density at radius 3 is 2.44 bits per heavy atom. The molecule has 0 saturated heterocycles. The zero-order valence-corrected chi connectivity index (χ0v) is 14.3. The first kappa shape index (κ1) is 17.1. The Balaban J connectivity index is 1.52. The van der Waals surface area contributed by atoms with Crippen LogP contribution in [0.15, 0.2) is 42.5 Å². The third-order valence-electron chi connectivity index (χ3n) is 4.60. The molecule has 0 bridgehead atoms. The molecule has 1 fully saturated rings. The number of amides is 2. The molecule has 2 atom stereocenters. The van der Waals surface area contributed by atoms with E-state index in [1.807, 2.05) is 32.0 Å². The third-order valence-corrected chi connectivity index (χ3v) is 4.60. The fraction of sp³-hybridized carbons (Fsp3) is 0.300. The minimum absolute atomic E-state index is 0.0902. The number of aryl methyl sites for hydroxylation is 2. The molecule has 2 aromatic carbocycles. The lowest BCUT2D eigenvalue weighted by Gasteiger charge is -2.12. The molecule has 1 aliphatic carbocycles. The summed E-state index contributed by atoms with van der Waals surface area (Å²) in [6, 6.07) is 12.3. The van der Waals surface area contributed by atoms with E-state index in [4.69, 9.17) is 0 Å². The summed E-state index contributed by atoms with van der Waals surface area (Å²) in [6.45, 7) is 3.75. The number of carbonyl (C=O) groups is 2. The van der Waals surface area contributed by atoms with E-state index in [1.165, 1.54) is 6.07 Å². The molecule has 1 aliphatic rings. The van der Waals surface area contributed by atoms with Gasteiger partial charge in [0.2, 0.25) is 11.8 Å². The normalized spacial score (nSPS) is 18.5. The van der Waals surface area contributed by atoms with Crippen molar-refractivity contribution < 1.29 is 14.0 Å². The van der Waals surface area contributed by atoms with E-state index in [0.29, 0.717) is 12.0 Å². The maximum absolute atomic E-state index is 13.8. The van der Waals surface area contributed by atoms with Gasteiger partial charge in [-0.3, -0.25) is 9.59 Å². The summed E-state index contributed by atoms with van der Waals surface area (Å²) in [5.41, 5.74) is 3.29. The molecule has 0 aromatic heterocycles. The van der Waals surface area contributed by atoms with Crippen LogP contribution >= 0.6 is 0 Å². The minimum atomic E-state index is -0.282. The van der Waals surface area contributed by atoms with Crippen LogP contribution in [-0.4, -0.2) is 18.4 Å². The topological polar surface area (TPSA) is 58.2 Å². The summed E-state index contributed by atoms with van der Waals surface area (Å²) in [7, 11) is 0. The first-order valence-electron chi connectivity index (χ1n) is 8.35. The molecule has 0 spiro atoms. The second kappa shape index (κ2) is 7.05. The smallest absolute Gasteiger partial charge is 0.243 e. The maximum Gasteiger partial charge on any atom is 0.243 e. The Kier molecular flexibility index (Phi) is 4.83. The summed E-state index contributed by atoms with van der Waals surface area (Å²) in [4.78, 5) is 24.3. The van der Waals surface area contributed by atoms with E-state index in [9.17, 15) is 14.0 Å². The molecular weight excluding hydrogens is 319 g/mol. The SMILES string of the molecule is Cc1cccc(C)c1NC(=O)CNC(=O)C1CC1c1ccccc1F. The minimum Gasteiger partial charge on any atom is -0.347 e. The molecule has 2 amide bonds. The zero-order valence-electron chi connectivity index (χ0n) is 14.3. The van der Waals surface area contributed by atoms with Gasteiger partial charge in [-0.05, 0) is 48.9 Å². The molecule has 0 aliphatic heterocycles. The molecule has 0 radical (unpaired) electrons. The number of anilines is 1. The van der Waals surface area contributed by atoms with Crippen LogP contribution in [0.1, 0.15) is 29.0 Å². The van der Waals surface area contributed by atoms with Gasteiger partial charge in [0, 0.05) is 11.6 Å². The van der Waals surface area contributed by atoms with Crippen LogP contribution in [0.3, 0.4) is 0 Å². The molecule has 130 valence electrons. The van der Waals surface area contributed by atoms with Crippen LogP contribution in [0.2, 0.25) is 0 Å². The van der Waals surface area contributed by atoms with E-state index < -0.39 is 0 Å². The van der Waals surface area contributed by atoms with Gasteiger partial charge in [-0.15, -0.1) is 0 Å². The number of hydrogen-bond donors (Lipinski definition) is 2. The Bertz CT molecular complexity index is 799. The average Bonchev–Trinajstić information content (AvgIpc) is 3.37. The van der Waals surface area contributed by atoms with Gasteiger partial charge >= 0.3 is 0 Å². The maximum atomic E-state index is 13.8. The first-order chi connectivity index (χ1) is 12.0. The lowest BCUT2D eigenvalue weighted by Crippen LogP contribution is -2.34. The lowest BCUT2D eigenvalue weighted by atomic mass is 10.1. The van der Waals surface area contributed by atoms with Crippen LogP contribution in [0, 0.1) is 25.6 Å². The Hall–Kier alpha value is -2.69. The van der Waals surface area contributed by atoms with E-state index in [1.54, 1.807) is 18.2 Å².